The van der Waals surface area contributed by atoms with Crippen molar-refractivity contribution in [3.05, 3.63) is 89.2 Å². The molecule has 0 unspecified atom stereocenters. The summed E-state index contributed by atoms with van der Waals surface area (Å²) in [7, 11) is 0. The molecule has 0 fully saturated rings. The van der Waals surface area contributed by atoms with Crippen molar-refractivity contribution in [3.63, 3.8) is 0 Å². The Kier molecular flexibility index (Phi) is 10.4. The van der Waals surface area contributed by atoms with E-state index in [2.05, 4.69) is 34.8 Å². The number of hydrogen-bond acceptors (Lipinski definition) is 4. The Bertz CT molecular complexity index is 1040. The van der Waals surface area contributed by atoms with Crippen LogP contribution in [0.15, 0.2) is 60.9 Å². The van der Waals surface area contributed by atoms with Crippen molar-refractivity contribution in [3.8, 4) is 0 Å². The minimum Gasteiger partial charge on any atom is -0.390 e. The van der Waals surface area contributed by atoms with Crippen LogP contribution in [0.4, 0.5) is 8.78 Å². The molecule has 3 rings (SSSR count). The van der Waals surface area contributed by atoms with E-state index in [0.29, 0.717) is 24.9 Å². The molecule has 0 aliphatic carbocycles. The SMILES string of the molecule is CCc1cccc(CNC[C@@H](O)[C@H](Cc2cc(F)cc(F)c2)NC(=O)CCCCn2cccn2)c1. The summed E-state index contributed by atoms with van der Waals surface area (Å²) in [5.74, 6) is -1.58. The first-order valence-electron chi connectivity index (χ1n) is 12.1. The van der Waals surface area contributed by atoms with Gasteiger partial charge < -0.3 is 15.7 Å². The van der Waals surface area contributed by atoms with Crippen LogP contribution < -0.4 is 10.6 Å². The second-order valence-electron chi connectivity index (χ2n) is 8.75. The molecule has 3 N–H and O–H groups in total. The summed E-state index contributed by atoms with van der Waals surface area (Å²) >= 11 is 0. The number of nitrogens with one attached hydrogen (secondary N) is 2. The lowest BCUT2D eigenvalue weighted by Gasteiger charge is -2.25. The summed E-state index contributed by atoms with van der Waals surface area (Å²) in [5, 5.41) is 21.1. The number of aliphatic hydroxyl groups is 1. The van der Waals surface area contributed by atoms with Crippen LogP contribution in [0.2, 0.25) is 0 Å². The molecule has 2 atom stereocenters. The number of aryl methyl sites for hydroxylation is 2. The number of aliphatic hydroxyl groups excluding tert-OH is 1. The molecule has 0 radical (unpaired) electrons. The summed E-state index contributed by atoms with van der Waals surface area (Å²) < 4.78 is 29.2. The van der Waals surface area contributed by atoms with Crippen molar-refractivity contribution >= 4 is 5.91 Å². The van der Waals surface area contributed by atoms with Gasteiger partial charge in [-0.05, 0) is 60.6 Å². The van der Waals surface area contributed by atoms with Crippen molar-refractivity contribution < 1.29 is 18.7 Å². The van der Waals surface area contributed by atoms with E-state index in [-0.39, 0.29) is 18.9 Å². The molecule has 0 saturated heterocycles. The van der Waals surface area contributed by atoms with Crippen molar-refractivity contribution in [2.24, 2.45) is 0 Å². The van der Waals surface area contributed by atoms with Crippen molar-refractivity contribution in [2.45, 2.75) is 64.3 Å². The number of unbranched alkanes of at least 4 members (excludes halogenated alkanes) is 1. The summed E-state index contributed by atoms with van der Waals surface area (Å²) in [5.41, 5.74) is 2.71. The molecule has 1 amide bonds. The lowest BCUT2D eigenvalue weighted by atomic mass is 10.00. The number of aromatic nitrogens is 2. The third kappa shape index (κ3) is 9.22. The van der Waals surface area contributed by atoms with Crippen LogP contribution in [0.1, 0.15) is 42.9 Å². The van der Waals surface area contributed by atoms with Crippen LogP contribution >= 0.6 is 0 Å². The maximum absolute atomic E-state index is 13.7. The van der Waals surface area contributed by atoms with Gasteiger partial charge >= 0.3 is 0 Å². The van der Waals surface area contributed by atoms with Gasteiger partial charge in [-0.3, -0.25) is 9.48 Å². The molecule has 2 aromatic carbocycles. The first-order valence-corrected chi connectivity index (χ1v) is 12.1. The lowest BCUT2D eigenvalue weighted by molar-refractivity contribution is -0.122. The molecular formula is C27H34F2N4O2. The van der Waals surface area contributed by atoms with E-state index in [9.17, 15) is 18.7 Å². The minimum atomic E-state index is -0.941. The van der Waals surface area contributed by atoms with E-state index < -0.39 is 23.8 Å². The molecule has 0 bridgehead atoms. The van der Waals surface area contributed by atoms with Gasteiger partial charge in [0.25, 0.3) is 0 Å². The fourth-order valence-electron chi connectivity index (χ4n) is 4.00. The molecule has 35 heavy (non-hydrogen) atoms. The zero-order valence-corrected chi connectivity index (χ0v) is 20.1. The fraction of sp³-hybridized carbons (Fsp3) is 0.407. The van der Waals surface area contributed by atoms with Crippen molar-refractivity contribution in [1.82, 2.24) is 20.4 Å². The van der Waals surface area contributed by atoms with E-state index in [1.807, 2.05) is 29.1 Å². The fourth-order valence-corrected chi connectivity index (χ4v) is 4.00. The van der Waals surface area contributed by atoms with E-state index >= 15 is 0 Å². The summed E-state index contributed by atoms with van der Waals surface area (Å²) in [6.07, 6.45) is 5.44. The lowest BCUT2D eigenvalue weighted by Crippen LogP contribution is -2.48. The standard InChI is InChI=1S/C27H34F2N4O2/c1-2-20-7-5-8-21(13-20)18-30-19-26(34)25(16-22-14-23(28)17-24(29)15-22)32-27(35)9-3-4-11-33-12-6-10-31-33/h5-8,10,12-15,17,25-26,30,34H,2-4,9,11,16,18-19H2,1H3,(H,32,35)/t25-,26+/m0/s1. The average molecular weight is 485 g/mol. The molecule has 6 nitrogen and oxygen atoms in total. The Morgan fingerprint density at radius 1 is 1.06 bits per heavy atom. The third-order valence-corrected chi connectivity index (χ3v) is 5.87. The van der Waals surface area contributed by atoms with Crippen LogP contribution in [-0.2, 0) is 30.7 Å². The smallest absolute Gasteiger partial charge is 0.220 e. The number of carbonyl (C=O) groups is 1. The monoisotopic (exact) mass is 484 g/mol. The van der Waals surface area contributed by atoms with Crippen LogP contribution in [0.5, 0.6) is 0 Å². The molecule has 3 aromatic rings. The number of hydrogen-bond donors (Lipinski definition) is 3. The Morgan fingerprint density at radius 3 is 2.54 bits per heavy atom. The maximum atomic E-state index is 13.7. The van der Waals surface area contributed by atoms with E-state index in [4.69, 9.17) is 0 Å². The van der Waals surface area contributed by atoms with Crippen LogP contribution in [-0.4, -0.2) is 39.5 Å². The molecule has 188 valence electrons. The molecule has 0 aliphatic rings. The van der Waals surface area contributed by atoms with Crippen LogP contribution in [0.3, 0.4) is 0 Å². The predicted octanol–water partition coefficient (Wildman–Crippen LogP) is 3.77. The largest absolute Gasteiger partial charge is 0.390 e. The van der Waals surface area contributed by atoms with E-state index in [1.165, 1.54) is 17.7 Å². The van der Waals surface area contributed by atoms with Gasteiger partial charge in [-0.15, -0.1) is 0 Å². The predicted molar refractivity (Wildman–Crippen MR) is 132 cm³/mol. The van der Waals surface area contributed by atoms with E-state index in [1.54, 1.807) is 6.20 Å². The molecule has 0 spiro atoms. The second kappa shape index (κ2) is 13.7. The summed E-state index contributed by atoms with van der Waals surface area (Å²) in [4.78, 5) is 12.6. The van der Waals surface area contributed by atoms with Gasteiger partial charge in [-0.2, -0.15) is 5.10 Å². The topological polar surface area (TPSA) is 79.2 Å². The molecular weight excluding hydrogens is 450 g/mol. The quantitative estimate of drug-likeness (QED) is 0.305. The highest BCUT2D eigenvalue weighted by atomic mass is 19.1. The average Bonchev–Trinajstić information content (AvgIpc) is 3.34. The maximum Gasteiger partial charge on any atom is 0.220 e. The number of amides is 1. The summed E-state index contributed by atoms with van der Waals surface area (Å²) in [6, 6.07) is 12.6. The number of carbonyl (C=O) groups excluding carboxylic acids is 1. The van der Waals surface area contributed by atoms with Gasteiger partial charge in [0.2, 0.25) is 5.91 Å². The second-order valence-corrected chi connectivity index (χ2v) is 8.75. The molecule has 0 aliphatic heterocycles. The first kappa shape index (κ1) is 26.5. The highest BCUT2D eigenvalue weighted by Crippen LogP contribution is 2.13. The summed E-state index contributed by atoms with van der Waals surface area (Å²) in [6.45, 7) is 3.60. The highest BCUT2D eigenvalue weighted by molar-refractivity contribution is 5.76. The van der Waals surface area contributed by atoms with E-state index in [0.717, 1.165) is 31.0 Å². The normalized spacial score (nSPS) is 12.9. The van der Waals surface area contributed by atoms with Crippen molar-refractivity contribution in [2.75, 3.05) is 6.54 Å². The van der Waals surface area contributed by atoms with Gasteiger partial charge in [0.1, 0.15) is 11.6 Å². The van der Waals surface area contributed by atoms with Gasteiger partial charge in [-0.25, -0.2) is 8.78 Å². The molecule has 8 heteroatoms. The Balaban J connectivity index is 1.55. The zero-order valence-electron chi connectivity index (χ0n) is 20.1. The van der Waals surface area contributed by atoms with Crippen LogP contribution in [0.25, 0.3) is 0 Å². The minimum absolute atomic E-state index is 0.113. The van der Waals surface area contributed by atoms with Gasteiger partial charge in [0, 0.05) is 44.5 Å². The molecule has 1 heterocycles. The molecule has 1 aromatic heterocycles. The van der Waals surface area contributed by atoms with Crippen molar-refractivity contribution in [1.29, 1.82) is 0 Å². The van der Waals surface area contributed by atoms with Gasteiger partial charge in [0.15, 0.2) is 0 Å². The highest BCUT2D eigenvalue weighted by Gasteiger charge is 2.22. The van der Waals surface area contributed by atoms with Gasteiger partial charge in [0.05, 0.1) is 12.1 Å². The number of benzene rings is 2. The number of rotatable bonds is 14. The Labute approximate surface area is 205 Å². The number of nitrogens with zero attached hydrogens (tertiary/aromatic N) is 2. The number of halogens is 2. The molecule has 0 saturated carbocycles. The Morgan fingerprint density at radius 2 is 1.83 bits per heavy atom. The Hall–Kier alpha value is -3.10. The zero-order chi connectivity index (χ0) is 25.0. The van der Waals surface area contributed by atoms with Gasteiger partial charge in [-0.1, -0.05) is 31.2 Å². The third-order valence-electron chi connectivity index (χ3n) is 5.87. The first-order chi connectivity index (χ1) is 16.9. The van der Waals surface area contributed by atoms with Crippen LogP contribution in [0, 0.1) is 11.6 Å².